The van der Waals surface area contributed by atoms with E-state index in [9.17, 15) is 14.4 Å². The lowest BCUT2D eigenvalue weighted by atomic mass is 10.1. The summed E-state index contributed by atoms with van der Waals surface area (Å²) < 4.78 is 0. The number of hydrogen-bond acceptors (Lipinski definition) is 7. The molecule has 0 saturated carbocycles. The van der Waals surface area contributed by atoms with Gasteiger partial charge in [-0.15, -0.1) is 0 Å². The monoisotopic (exact) mass is 560 g/mol. The highest BCUT2D eigenvalue weighted by molar-refractivity contribution is 5.83. The van der Waals surface area contributed by atoms with E-state index in [0.29, 0.717) is 19.6 Å². The second-order valence-electron chi connectivity index (χ2n) is 9.74. The van der Waals surface area contributed by atoms with Gasteiger partial charge in [0, 0.05) is 32.5 Å². The van der Waals surface area contributed by atoms with Crippen LogP contribution in [0.2, 0.25) is 0 Å². The van der Waals surface area contributed by atoms with E-state index >= 15 is 0 Å². The van der Waals surface area contributed by atoms with Gasteiger partial charge in [-0.2, -0.15) is 0 Å². The van der Waals surface area contributed by atoms with Gasteiger partial charge < -0.3 is 30.8 Å². The average Bonchev–Trinajstić information content (AvgIpc) is 2.89. The molecule has 0 aliphatic carbocycles. The summed E-state index contributed by atoms with van der Waals surface area (Å²) in [7, 11) is 0. The number of nitrogens with one attached hydrogen (secondary N) is 1. The molecule has 6 N–H and O–H groups in total. The van der Waals surface area contributed by atoms with Crippen LogP contribution in [0.25, 0.3) is 0 Å². The first kappa shape index (κ1) is 39.1. The zero-order chi connectivity index (χ0) is 29.6. The first-order valence-corrected chi connectivity index (χ1v) is 14.8. The second-order valence-corrected chi connectivity index (χ2v) is 9.74. The fourth-order valence-electron chi connectivity index (χ4n) is 3.91. The summed E-state index contributed by atoms with van der Waals surface area (Å²) in [6, 6.07) is -1.12. The van der Waals surface area contributed by atoms with Crippen molar-refractivity contribution in [3.63, 3.8) is 0 Å². The van der Waals surface area contributed by atoms with E-state index in [1.807, 2.05) is 0 Å². The molecule has 39 heavy (non-hydrogen) atoms. The predicted octanol–water partition coefficient (Wildman–Crippen LogP) is 3.72. The number of aliphatic hydroxyl groups is 3. The number of hydrogen-bond donors (Lipinski definition) is 6. The summed E-state index contributed by atoms with van der Waals surface area (Å²) >= 11 is 0. The Kier molecular flexibility index (Phi) is 30.6. The molecular formula is C29H56N2O8. The molecule has 0 bridgehead atoms. The van der Waals surface area contributed by atoms with Crippen molar-refractivity contribution in [3.8, 4) is 0 Å². The molecule has 0 radical (unpaired) electrons. The predicted molar refractivity (Wildman–Crippen MR) is 154 cm³/mol. The molecule has 0 saturated heterocycles. The van der Waals surface area contributed by atoms with E-state index in [-0.39, 0.29) is 45.0 Å². The third kappa shape index (κ3) is 30.4. The van der Waals surface area contributed by atoms with Gasteiger partial charge >= 0.3 is 11.9 Å². The summed E-state index contributed by atoms with van der Waals surface area (Å²) in [6.07, 6.45) is 19.9. The van der Waals surface area contributed by atoms with E-state index in [2.05, 4.69) is 24.4 Å². The lowest BCUT2D eigenvalue weighted by Crippen LogP contribution is -2.41. The standard InChI is InChI=1S/C23H41NO5.C6H15NO3/c1-2-3-4-5-6-7-8-9-10-11-12-13-14-15-16-17-21(25)24-20(23(28)29)18-19-22(26)27;8-4-1-7(2-5-9)3-6-10/h9-10,20H,2-8,11-19H2,1H3,(H,24,25)(H,26,27)(H,28,29);8-10H,1-6H2/b10-9-;. The van der Waals surface area contributed by atoms with Crippen molar-refractivity contribution in [2.45, 2.75) is 116 Å². The van der Waals surface area contributed by atoms with Crippen molar-refractivity contribution in [1.29, 1.82) is 0 Å². The summed E-state index contributed by atoms with van der Waals surface area (Å²) in [5.74, 6) is -2.58. The van der Waals surface area contributed by atoms with Crippen molar-refractivity contribution >= 4 is 17.8 Å². The third-order valence-electron chi connectivity index (χ3n) is 6.19. The smallest absolute Gasteiger partial charge is 0.326 e. The molecule has 0 fully saturated rings. The number of carboxylic acids is 2. The van der Waals surface area contributed by atoms with Gasteiger partial charge in [-0.1, -0.05) is 70.4 Å². The SMILES string of the molecule is CCCCCCCC/C=C\CCCCCCCC(=O)NC(CCC(=O)O)C(=O)O.OCCN(CCO)CCO. The number of allylic oxidation sites excluding steroid dienone is 2. The summed E-state index contributed by atoms with van der Waals surface area (Å²) in [5, 5.41) is 45.5. The molecule has 1 amide bonds. The lowest BCUT2D eigenvalue weighted by molar-refractivity contribution is -0.143. The third-order valence-corrected chi connectivity index (χ3v) is 6.19. The molecular weight excluding hydrogens is 504 g/mol. The van der Waals surface area contributed by atoms with Crippen molar-refractivity contribution in [1.82, 2.24) is 10.2 Å². The maximum Gasteiger partial charge on any atom is 0.326 e. The van der Waals surface area contributed by atoms with Gasteiger partial charge in [0.1, 0.15) is 6.04 Å². The van der Waals surface area contributed by atoms with E-state index < -0.39 is 18.0 Å². The molecule has 1 unspecified atom stereocenters. The first-order valence-electron chi connectivity index (χ1n) is 14.8. The largest absolute Gasteiger partial charge is 0.481 e. The molecule has 0 heterocycles. The minimum Gasteiger partial charge on any atom is -0.481 e. The molecule has 0 aliphatic rings. The van der Waals surface area contributed by atoms with Crippen molar-refractivity contribution in [2.24, 2.45) is 0 Å². The molecule has 10 nitrogen and oxygen atoms in total. The number of rotatable bonds is 26. The zero-order valence-electron chi connectivity index (χ0n) is 24.2. The van der Waals surface area contributed by atoms with Gasteiger partial charge in [-0.05, 0) is 38.5 Å². The topological polar surface area (TPSA) is 168 Å². The number of unbranched alkanes of at least 4 members (excludes halogenated alkanes) is 11. The Hall–Kier alpha value is -2.01. The van der Waals surface area contributed by atoms with Gasteiger partial charge in [0.05, 0.1) is 19.8 Å². The Morgan fingerprint density at radius 3 is 1.59 bits per heavy atom. The molecule has 10 heteroatoms. The number of carbonyl (C=O) groups is 3. The molecule has 230 valence electrons. The molecule has 0 aromatic carbocycles. The normalized spacial score (nSPS) is 11.8. The number of nitrogens with zero attached hydrogens (tertiary/aromatic N) is 1. The maximum absolute atomic E-state index is 11.8. The van der Waals surface area contributed by atoms with Crippen molar-refractivity contribution in [2.75, 3.05) is 39.5 Å². The van der Waals surface area contributed by atoms with Crippen LogP contribution in [0.3, 0.4) is 0 Å². The first-order chi connectivity index (χ1) is 18.8. The van der Waals surface area contributed by atoms with Crippen molar-refractivity contribution < 1.29 is 39.9 Å². The quantitative estimate of drug-likeness (QED) is 0.0682. The number of aliphatic carboxylic acids is 2. The molecule has 0 rings (SSSR count). The molecule has 0 aliphatic heterocycles. The minimum atomic E-state index is -1.19. The van der Waals surface area contributed by atoms with E-state index in [1.54, 1.807) is 4.90 Å². The van der Waals surface area contributed by atoms with E-state index in [1.165, 1.54) is 44.9 Å². The number of carbonyl (C=O) groups excluding carboxylic acids is 1. The Morgan fingerprint density at radius 2 is 1.15 bits per heavy atom. The average molecular weight is 561 g/mol. The lowest BCUT2D eigenvalue weighted by Gasteiger charge is -2.17. The summed E-state index contributed by atoms with van der Waals surface area (Å²) in [6.45, 7) is 3.99. The van der Waals surface area contributed by atoms with Gasteiger partial charge in [0.15, 0.2) is 0 Å². The molecule has 0 aromatic heterocycles. The second kappa shape index (κ2) is 30.5. The highest BCUT2D eigenvalue weighted by Crippen LogP contribution is 2.10. The van der Waals surface area contributed by atoms with Gasteiger partial charge in [-0.3, -0.25) is 14.5 Å². The Balaban J connectivity index is 0. The minimum absolute atomic E-state index is 0.0694. The van der Waals surface area contributed by atoms with Crippen LogP contribution in [0.15, 0.2) is 12.2 Å². The molecule has 0 spiro atoms. The van der Waals surface area contributed by atoms with Crippen LogP contribution in [-0.4, -0.2) is 93.8 Å². The van der Waals surface area contributed by atoms with Crippen molar-refractivity contribution in [3.05, 3.63) is 12.2 Å². The van der Waals surface area contributed by atoms with E-state index in [4.69, 9.17) is 25.5 Å². The fraction of sp³-hybridized carbons (Fsp3) is 0.828. The van der Waals surface area contributed by atoms with Crippen LogP contribution < -0.4 is 5.32 Å². The number of carboxylic acid groups (broad SMARTS) is 2. The van der Waals surface area contributed by atoms with Crippen LogP contribution in [0.1, 0.15) is 110 Å². The molecule has 1 atom stereocenters. The van der Waals surface area contributed by atoms with Crippen LogP contribution >= 0.6 is 0 Å². The Morgan fingerprint density at radius 1 is 0.692 bits per heavy atom. The summed E-state index contributed by atoms with van der Waals surface area (Å²) in [4.78, 5) is 35.2. The van der Waals surface area contributed by atoms with E-state index in [0.717, 1.165) is 38.5 Å². The van der Waals surface area contributed by atoms with Crippen LogP contribution in [0.5, 0.6) is 0 Å². The summed E-state index contributed by atoms with van der Waals surface area (Å²) in [5.41, 5.74) is 0. The van der Waals surface area contributed by atoms with Gasteiger partial charge in [-0.25, -0.2) is 4.79 Å². The highest BCUT2D eigenvalue weighted by atomic mass is 16.4. The Bertz CT molecular complexity index is 602. The maximum atomic E-state index is 11.8. The highest BCUT2D eigenvalue weighted by Gasteiger charge is 2.20. The van der Waals surface area contributed by atoms with Gasteiger partial charge in [0.2, 0.25) is 5.91 Å². The fourth-order valence-corrected chi connectivity index (χ4v) is 3.91. The zero-order valence-corrected chi connectivity index (χ0v) is 24.2. The van der Waals surface area contributed by atoms with Gasteiger partial charge in [0.25, 0.3) is 0 Å². The van der Waals surface area contributed by atoms with Crippen LogP contribution in [0.4, 0.5) is 0 Å². The number of amides is 1. The van der Waals surface area contributed by atoms with Crippen LogP contribution in [-0.2, 0) is 14.4 Å². The number of aliphatic hydroxyl groups excluding tert-OH is 3. The van der Waals surface area contributed by atoms with Crippen LogP contribution in [0, 0.1) is 0 Å². The Labute approximate surface area is 235 Å². The molecule has 0 aromatic rings.